The van der Waals surface area contributed by atoms with Crippen LogP contribution in [-0.4, -0.2) is 31.2 Å². The molecule has 5 nitrogen and oxygen atoms in total. The van der Waals surface area contributed by atoms with E-state index in [0.29, 0.717) is 31.0 Å². The van der Waals surface area contributed by atoms with Crippen LogP contribution in [-0.2, 0) is 14.4 Å². The van der Waals surface area contributed by atoms with Crippen molar-refractivity contribution in [2.24, 2.45) is 5.92 Å². The van der Waals surface area contributed by atoms with Crippen molar-refractivity contribution in [3.05, 3.63) is 0 Å². The van der Waals surface area contributed by atoms with Crippen LogP contribution in [0, 0.1) is 5.92 Å². The van der Waals surface area contributed by atoms with Gasteiger partial charge in [0.15, 0.2) is 0 Å². The maximum atomic E-state index is 11.2. The van der Waals surface area contributed by atoms with Crippen molar-refractivity contribution in [1.29, 1.82) is 0 Å². The first-order valence-corrected chi connectivity index (χ1v) is 10.0. The topological polar surface area (TPSA) is 75.3 Å². The summed E-state index contributed by atoms with van der Waals surface area (Å²) in [5.74, 6) is 0.960. The van der Waals surface area contributed by atoms with Gasteiger partial charge >= 0.3 is 0 Å². The van der Waals surface area contributed by atoms with E-state index in [0.717, 1.165) is 45.1 Å². The molecule has 2 amide bonds. The molecular weight excluding hydrogens is 316 g/mol. The highest BCUT2D eigenvalue weighted by Crippen LogP contribution is 2.24. The van der Waals surface area contributed by atoms with Gasteiger partial charge in [0.1, 0.15) is 5.78 Å². The molecule has 1 aliphatic carbocycles. The lowest BCUT2D eigenvalue weighted by Gasteiger charge is -2.19. The highest BCUT2D eigenvalue weighted by Gasteiger charge is 2.18. The summed E-state index contributed by atoms with van der Waals surface area (Å²) in [5, 5.41) is 5.37. The van der Waals surface area contributed by atoms with E-state index in [2.05, 4.69) is 17.6 Å². The number of nitrogens with one attached hydrogen (secondary N) is 2. The first kappa shape index (κ1) is 23.6. The Balaban J connectivity index is 0.000000496. The molecule has 1 fully saturated rings. The Hall–Kier alpha value is -1.39. The van der Waals surface area contributed by atoms with Gasteiger partial charge in [-0.2, -0.15) is 0 Å². The van der Waals surface area contributed by atoms with E-state index in [9.17, 15) is 14.4 Å². The Morgan fingerprint density at radius 3 is 2.08 bits per heavy atom. The monoisotopic (exact) mass is 354 g/mol. The summed E-state index contributed by atoms with van der Waals surface area (Å²) >= 11 is 0. The van der Waals surface area contributed by atoms with Crippen LogP contribution >= 0.6 is 0 Å². The van der Waals surface area contributed by atoms with Gasteiger partial charge < -0.3 is 10.6 Å². The van der Waals surface area contributed by atoms with E-state index in [4.69, 9.17) is 0 Å². The quantitative estimate of drug-likeness (QED) is 0.587. The lowest BCUT2D eigenvalue weighted by molar-refractivity contribution is -0.124. The van der Waals surface area contributed by atoms with Crippen LogP contribution in [0.1, 0.15) is 90.9 Å². The third-order valence-corrected chi connectivity index (χ3v) is 4.60. The predicted molar refractivity (Wildman–Crippen MR) is 102 cm³/mol. The molecule has 1 saturated carbocycles. The molecule has 0 aliphatic heterocycles. The van der Waals surface area contributed by atoms with Crippen molar-refractivity contribution in [2.45, 2.75) is 90.9 Å². The fraction of sp³-hybridized carbons (Fsp3) is 0.850. The minimum Gasteiger partial charge on any atom is -0.359 e. The second-order valence-corrected chi connectivity index (χ2v) is 6.74. The molecule has 0 aromatic rings. The molecule has 1 aliphatic rings. The summed E-state index contributed by atoms with van der Waals surface area (Å²) < 4.78 is 0. The minimum absolute atomic E-state index is 0.00576. The average Bonchev–Trinajstić information content (AvgIpc) is 2.65. The van der Waals surface area contributed by atoms with E-state index >= 15 is 0 Å². The molecule has 0 aromatic heterocycles. The Morgan fingerprint density at radius 2 is 1.52 bits per heavy atom. The number of rotatable bonds is 10. The van der Waals surface area contributed by atoms with Gasteiger partial charge in [0.05, 0.1) is 0 Å². The fourth-order valence-corrected chi connectivity index (χ4v) is 2.94. The standard InChI is InChI=1S/C11H22N2O2.C9H16O/c1-3-4-5-9-13-11(15)8-6-7-10(14)12-2;1-2-9(10)8-6-4-3-5-7-8/h3-9H2,1-2H3,(H,12,14)(H,13,15);8H,2-7H2,1H3. The first-order chi connectivity index (χ1) is 12.0. The molecule has 0 bridgehead atoms. The number of carbonyl (C=O) groups excluding carboxylic acids is 3. The number of amides is 2. The van der Waals surface area contributed by atoms with Crippen molar-refractivity contribution < 1.29 is 14.4 Å². The first-order valence-electron chi connectivity index (χ1n) is 10.0. The van der Waals surface area contributed by atoms with E-state index in [1.807, 2.05) is 6.92 Å². The van der Waals surface area contributed by atoms with Crippen LogP contribution in [0.5, 0.6) is 0 Å². The molecular formula is C20H38N2O3. The summed E-state index contributed by atoms with van der Waals surface area (Å²) in [6.07, 6.45) is 11.8. The highest BCUT2D eigenvalue weighted by atomic mass is 16.2. The van der Waals surface area contributed by atoms with Gasteiger partial charge in [-0.05, 0) is 25.7 Å². The fourth-order valence-electron chi connectivity index (χ4n) is 2.94. The van der Waals surface area contributed by atoms with E-state index in [1.165, 1.54) is 19.3 Å². The van der Waals surface area contributed by atoms with Crippen LogP contribution < -0.4 is 10.6 Å². The SMILES string of the molecule is CCC(=O)C1CCCCC1.CCCCCNC(=O)CCCC(=O)NC. The zero-order chi connectivity index (χ0) is 18.9. The molecule has 0 heterocycles. The molecule has 5 heteroatoms. The normalized spacial score (nSPS) is 14.2. The summed E-state index contributed by atoms with van der Waals surface area (Å²) in [7, 11) is 1.60. The Morgan fingerprint density at radius 1 is 0.880 bits per heavy atom. The number of ketones is 1. The van der Waals surface area contributed by atoms with Gasteiger partial charge in [0, 0.05) is 38.8 Å². The largest absolute Gasteiger partial charge is 0.359 e. The third kappa shape index (κ3) is 13.6. The molecule has 1 rings (SSSR count). The average molecular weight is 355 g/mol. The Labute approximate surface area is 153 Å². The number of carbonyl (C=O) groups is 3. The van der Waals surface area contributed by atoms with Crippen LogP contribution in [0.15, 0.2) is 0 Å². The minimum atomic E-state index is -0.00576. The molecule has 0 radical (unpaired) electrons. The van der Waals surface area contributed by atoms with Crippen molar-refractivity contribution in [2.75, 3.05) is 13.6 Å². The maximum Gasteiger partial charge on any atom is 0.220 e. The molecule has 2 N–H and O–H groups in total. The van der Waals surface area contributed by atoms with Gasteiger partial charge in [0.2, 0.25) is 11.8 Å². The van der Waals surface area contributed by atoms with Gasteiger partial charge in [-0.25, -0.2) is 0 Å². The predicted octanol–water partition coefficient (Wildman–Crippen LogP) is 3.75. The lowest BCUT2D eigenvalue weighted by atomic mass is 9.85. The van der Waals surface area contributed by atoms with Gasteiger partial charge in [-0.15, -0.1) is 0 Å². The number of Topliss-reactive ketones (excluding diaryl/α,β-unsaturated/α-hetero) is 1. The summed E-state index contributed by atoms with van der Waals surface area (Å²) in [6, 6.07) is 0. The van der Waals surface area contributed by atoms with Crippen LogP contribution in [0.4, 0.5) is 0 Å². The van der Waals surface area contributed by atoms with Crippen LogP contribution in [0.3, 0.4) is 0 Å². The molecule has 0 unspecified atom stereocenters. The lowest BCUT2D eigenvalue weighted by Crippen LogP contribution is -2.25. The zero-order valence-electron chi connectivity index (χ0n) is 16.5. The molecule has 0 aromatic carbocycles. The van der Waals surface area contributed by atoms with Gasteiger partial charge in [-0.3, -0.25) is 14.4 Å². The third-order valence-electron chi connectivity index (χ3n) is 4.60. The van der Waals surface area contributed by atoms with Gasteiger partial charge in [-0.1, -0.05) is 46.0 Å². The van der Waals surface area contributed by atoms with E-state index in [-0.39, 0.29) is 11.8 Å². The van der Waals surface area contributed by atoms with Crippen molar-refractivity contribution >= 4 is 17.6 Å². The number of hydrogen-bond donors (Lipinski definition) is 2. The smallest absolute Gasteiger partial charge is 0.220 e. The molecule has 0 atom stereocenters. The summed E-state index contributed by atoms with van der Waals surface area (Å²) in [5.41, 5.74) is 0. The second-order valence-electron chi connectivity index (χ2n) is 6.74. The van der Waals surface area contributed by atoms with E-state index in [1.54, 1.807) is 7.05 Å². The van der Waals surface area contributed by atoms with Crippen molar-refractivity contribution in [3.8, 4) is 0 Å². The van der Waals surface area contributed by atoms with Crippen molar-refractivity contribution in [3.63, 3.8) is 0 Å². The Bertz CT molecular complexity index is 377. The molecule has 0 spiro atoms. The summed E-state index contributed by atoms with van der Waals surface area (Å²) in [6.45, 7) is 4.86. The maximum absolute atomic E-state index is 11.2. The Kier molecular flexibility index (Phi) is 15.2. The van der Waals surface area contributed by atoms with Crippen LogP contribution in [0.2, 0.25) is 0 Å². The second kappa shape index (κ2) is 16.1. The number of unbranched alkanes of at least 4 members (excludes halogenated alkanes) is 2. The molecule has 25 heavy (non-hydrogen) atoms. The van der Waals surface area contributed by atoms with Crippen molar-refractivity contribution in [1.82, 2.24) is 10.6 Å². The summed E-state index contributed by atoms with van der Waals surface area (Å²) in [4.78, 5) is 33.2. The molecule has 146 valence electrons. The highest BCUT2D eigenvalue weighted by molar-refractivity contribution is 5.80. The van der Waals surface area contributed by atoms with E-state index < -0.39 is 0 Å². The van der Waals surface area contributed by atoms with Gasteiger partial charge in [0.25, 0.3) is 0 Å². The number of hydrogen-bond acceptors (Lipinski definition) is 3. The zero-order valence-corrected chi connectivity index (χ0v) is 16.5. The van der Waals surface area contributed by atoms with Crippen LogP contribution in [0.25, 0.3) is 0 Å². The molecule has 0 saturated heterocycles.